The zero-order chi connectivity index (χ0) is 23.5. The second-order valence-corrected chi connectivity index (χ2v) is 8.48. The third-order valence-electron chi connectivity index (χ3n) is 5.53. The predicted molar refractivity (Wildman–Crippen MR) is 120 cm³/mol. The number of carbonyl (C=O) groups is 1. The topological polar surface area (TPSA) is 123 Å². The summed E-state index contributed by atoms with van der Waals surface area (Å²) in [5, 5.41) is 40.4. The molecule has 9 nitrogen and oxygen atoms in total. The Kier molecular flexibility index (Phi) is 11.4. The molecule has 1 aliphatic heterocycles. The summed E-state index contributed by atoms with van der Waals surface area (Å²) in [6.45, 7) is 1.37. The highest BCUT2D eigenvalue weighted by Crippen LogP contribution is 2.18. The molecule has 0 saturated carbocycles. The van der Waals surface area contributed by atoms with Gasteiger partial charge in [0.05, 0.1) is 6.61 Å². The summed E-state index contributed by atoms with van der Waals surface area (Å²) in [5.41, 5.74) is 0.460. The van der Waals surface area contributed by atoms with E-state index in [1.54, 1.807) is 24.3 Å². The fourth-order valence-electron chi connectivity index (χ4n) is 3.57. The summed E-state index contributed by atoms with van der Waals surface area (Å²) in [4.78, 5) is 16.7. The van der Waals surface area contributed by atoms with Crippen molar-refractivity contribution in [2.75, 3.05) is 53.6 Å². The third-order valence-corrected chi connectivity index (χ3v) is 5.53. The van der Waals surface area contributed by atoms with Crippen molar-refractivity contribution in [3.8, 4) is 5.75 Å². The highest BCUT2D eigenvalue weighted by Gasteiger charge is 2.34. The molecule has 9 heteroatoms. The van der Waals surface area contributed by atoms with Crippen molar-refractivity contribution in [3.05, 3.63) is 29.8 Å². The van der Waals surface area contributed by atoms with Gasteiger partial charge >= 0.3 is 0 Å². The van der Waals surface area contributed by atoms with E-state index < -0.39 is 31.0 Å². The summed E-state index contributed by atoms with van der Waals surface area (Å²) >= 11 is 0. The van der Waals surface area contributed by atoms with Crippen LogP contribution in [0.15, 0.2) is 24.3 Å². The molecule has 2 rings (SSSR count). The molecule has 1 aliphatic rings. The first-order chi connectivity index (χ1) is 15.3. The van der Waals surface area contributed by atoms with Gasteiger partial charge in [-0.05, 0) is 51.2 Å². The normalized spacial score (nSPS) is 24.5. The Labute approximate surface area is 190 Å². The first-order valence-electron chi connectivity index (χ1n) is 11.3. The fraction of sp³-hybridized carbons (Fsp3) is 0.696. The number of carbonyl (C=O) groups excluding carboxylic acids is 1. The smallest absolute Gasteiger partial charge is 0.253 e. The number of hydrogen-bond acceptors (Lipinski definition) is 8. The molecule has 1 amide bonds. The maximum atomic E-state index is 13.1. The molecule has 0 bridgehead atoms. The molecule has 0 radical (unpaired) electrons. The van der Waals surface area contributed by atoms with Crippen molar-refractivity contribution in [1.29, 1.82) is 0 Å². The van der Waals surface area contributed by atoms with E-state index in [4.69, 9.17) is 9.47 Å². The highest BCUT2D eigenvalue weighted by molar-refractivity contribution is 5.94. The SMILES string of the molecule is CN(C)CCOc1ccc(C(=O)N2CCCCCCO[C@H]([C@H](O)CO)[C@H](O)[C@@H](O)C2)cc1. The van der Waals surface area contributed by atoms with Gasteiger partial charge in [0.2, 0.25) is 0 Å². The van der Waals surface area contributed by atoms with Crippen molar-refractivity contribution in [3.63, 3.8) is 0 Å². The maximum Gasteiger partial charge on any atom is 0.253 e. The number of likely N-dealkylation sites (N-methyl/N-ethyl adjacent to an activating group) is 1. The summed E-state index contributed by atoms with van der Waals surface area (Å²) in [6, 6.07) is 6.86. The number of benzene rings is 1. The Bertz CT molecular complexity index is 671. The molecule has 0 unspecified atom stereocenters. The van der Waals surface area contributed by atoms with Gasteiger partial charge in [0.1, 0.15) is 36.8 Å². The van der Waals surface area contributed by atoms with E-state index in [1.165, 1.54) is 4.90 Å². The van der Waals surface area contributed by atoms with Gasteiger partial charge in [0.15, 0.2) is 0 Å². The molecule has 1 heterocycles. The molecule has 4 atom stereocenters. The molecule has 1 fully saturated rings. The van der Waals surface area contributed by atoms with E-state index in [0.29, 0.717) is 31.1 Å². The van der Waals surface area contributed by atoms with Gasteiger partial charge < -0.3 is 39.7 Å². The maximum absolute atomic E-state index is 13.1. The highest BCUT2D eigenvalue weighted by atomic mass is 16.5. The minimum Gasteiger partial charge on any atom is -0.492 e. The number of aliphatic hydroxyl groups is 4. The largest absolute Gasteiger partial charge is 0.492 e. The van der Waals surface area contributed by atoms with Crippen LogP contribution in [0.3, 0.4) is 0 Å². The van der Waals surface area contributed by atoms with E-state index in [9.17, 15) is 25.2 Å². The lowest BCUT2D eigenvalue weighted by atomic mass is 10.0. The van der Waals surface area contributed by atoms with Crippen LogP contribution in [-0.4, -0.2) is 114 Å². The Morgan fingerprint density at radius 1 is 1.19 bits per heavy atom. The van der Waals surface area contributed by atoms with E-state index in [0.717, 1.165) is 32.2 Å². The standard InChI is InChI=1S/C23H38N2O7/c1-24(2)12-14-31-18-9-7-17(8-10-18)23(30)25-11-5-3-4-6-13-32-22(20(28)16-26)21(29)19(27)15-25/h7-10,19-22,26-29H,3-6,11-16H2,1-2H3/t19-,20+,21+,22+/m0/s1. The Morgan fingerprint density at radius 3 is 2.53 bits per heavy atom. The van der Waals surface area contributed by atoms with Crippen molar-refractivity contribution in [2.24, 2.45) is 0 Å². The van der Waals surface area contributed by atoms with E-state index in [1.807, 2.05) is 19.0 Å². The average molecular weight is 455 g/mol. The lowest BCUT2D eigenvalue weighted by Gasteiger charge is -2.33. The van der Waals surface area contributed by atoms with Crippen molar-refractivity contribution in [1.82, 2.24) is 9.80 Å². The van der Waals surface area contributed by atoms with Gasteiger partial charge in [-0.25, -0.2) is 0 Å². The third kappa shape index (κ3) is 8.31. The average Bonchev–Trinajstić information content (AvgIpc) is 2.78. The van der Waals surface area contributed by atoms with Crippen LogP contribution in [0.4, 0.5) is 0 Å². The lowest BCUT2D eigenvalue weighted by Crippen LogP contribution is -2.52. The first kappa shape index (κ1) is 26.5. The number of ether oxygens (including phenoxy) is 2. The number of aliphatic hydroxyl groups excluding tert-OH is 4. The molecule has 4 N–H and O–H groups in total. The molecule has 1 aromatic carbocycles. The van der Waals surface area contributed by atoms with Crippen LogP contribution in [0.2, 0.25) is 0 Å². The van der Waals surface area contributed by atoms with Crippen LogP contribution in [0.25, 0.3) is 0 Å². The molecule has 182 valence electrons. The van der Waals surface area contributed by atoms with Crippen LogP contribution in [0.5, 0.6) is 5.75 Å². The minimum absolute atomic E-state index is 0.112. The monoisotopic (exact) mass is 454 g/mol. The van der Waals surface area contributed by atoms with E-state index >= 15 is 0 Å². The first-order valence-corrected chi connectivity index (χ1v) is 11.3. The quantitative estimate of drug-likeness (QED) is 0.458. The summed E-state index contributed by atoms with van der Waals surface area (Å²) in [6.07, 6.45) is -1.99. The molecule has 32 heavy (non-hydrogen) atoms. The predicted octanol–water partition coefficient (Wildman–Crippen LogP) is 0.103. The lowest BCUT2D eigenvalue weighted by molar-refractivity contribution is -0.145. The van der Waals surface area contributed by atoms with Crippen molar-refractivity contribution < 1.29 is 34.7 Å². The Morgan fingerprint density at radius 2 is 1.88 bits per heavy atom. The minimum atomic E-state index is -1.45. The summed E-state index contributed by atoms with van der Waals surface area (Å²) in [5.74, 6) is 0.416. The Balaban J connectivity index is 2.08. The molecular weight excluding hydrogens is 416 g/mol. The van der Waals surface area contributed by atoms with Crippen molar-refractivity contribution >= 4 is 5.91 Å². The molecule has 0 aromatic heterocycles. The van der Waals surface area contributed by atoms with E-state index in [-0.39, 0.29) is 12.5 Å². The van der Waals surface area contributed by atoms with E-state index in [2.05, 4.69) is 0 Å². The molecular formula is C23H38N2O7. The van der Waals surface area contributed by atoms with Gasteiger partial charge in [-0.3, -0.25) is 4.79 Å². The number of amides is 1. The number of β-amino-alcohol motifs (C(OH)–C–C–N with tert-alkyl or cyclic N) is 1. The van der Waals surface area contributed by atoms with Gasteiger partial charge in [-0.2, -0.15) is 0 Å². The number of nitrogens with zero attached hydrogens (tertiary/aromatic N) is 2. The molecule has 1 aromatic rings. The van der Waals surface area contributed by atoms with Crippen LogP contribution in [-0.2, 0) is 4.74 Å². The van der Waals surface area contributed by atoms with Gasteiger partial charge in [-0.1, -0.05) is 12.8 Å². The second kappa shape index (κ2) is 13.7. The summed E-state index contributed by atoms with van der Waals surface area (Å²) < 4.78 is 11.2. The van der Waals surface area contributed by atoms with Crippen LogP contribution < -0.4 is 4.74 Å². The van der Waals surface area contributed by atoms with Gasteiger partial charge in [0, 0.05) is 31.8 Å². The number of hydrogen-bond donors (Lipinski definition) is 4. The number of rotatable bonds is 7. The van der Waals surface area contributed by atoms with Gasteiger partial charge in [0.25, 0.3) is 5.91 Å². The van der Waals surface area contributed by atoms with Crippen LogP contribution in [0, 0.1) is 0 Å². The van der Waals surface area contributed by atoms with Gasteiger partial charge in [-0.15, -0.1) is 0 Å². The fourth-order valence-corrected chi connectivity index (χ4v) is 3.57. The Hall–Kier alpha value is -1.75. The molecule has 0 aliphatic carbocycles. The molecule has 0 spiro atoms. The summed E-state index contributed by atoms with van der Waals surface area (Å²) in [7, 11) is 3.93. The molecule has 1 saturated heterocycles. The zero-order valence-electron chi connectivity index (χ0n) is 19.1. The zero-order valence-corrected chi connectivity index (χ0v) is 19.1. The van der Waals surface area contributed by atoms with Crippen molar-refractivity contribution in [2.45, 2.75) is 50.1 Å². The van der Waals surface area contributed by atoms with Crippen LogP contribution in [0.1, 0.15) is 36.0 Å². The second-order valence-electron chi connectivity index (χ2n) is 8.48. The van der Waals surface area contributed by atoms with Crippen LogP contribution >= 0.6 is 0 Å².